The fourth-order valence-electron chi connectivity index (χ4n) is 4.17. The van der Waals surface area contributed by atoms with Crippen molar-refractivity contribution < 1.29 is 19.4 Å². The van der Waals surface area contributed by atoms with E-state index in [2.05, 4.69) is 37.9 Å². The number of hydrogen-bond acceptors (Lipinski definition) is 5. The molecular weight excluding hydrogens is 346 g/mol. The van der Waals surface area contributed by atoms with Crippen LogP contribution in [0.3, 0.4) is 0 Å². The monoisotopic (exact) mass is 375 g/mol. The minimum Gasteiger partial charge on any atom is -0.508 e. The Morgan fingerprint density at radius 3 is 2.63 bits per heavy atom. The van der Waals surface area contributed by atoms with E-state index in [1.807, 2.05) is 6.07 Å². The van der Waals surface area contributed by atoms with Gasteiger partial charge in [-0.25, -0.2) is 4.79 Å². The maximum absolute atomic E-state index is 12.9. The first-order valence-electron chi connectivity index (χ1n) is 9.61. The summed E-state index contributed by atoms with van der Waals surface area (Å²) in [6.45, 7) is 10.2. The molecule has 148 valence electrons. The zero-order valence-electron chi connectivity index (χ0n) is 16.4. The lowest BCUT2D eigenvalue weighted by Crippen LogP contribution is -2.45. The summed E-state index contributed by atoms with van der Waals surface area (Å²) < 4.78 is 4.86. The van der Waals surface area contributed by atoms with Gasteiger partial charge in [0.25, 0.3) is 5.91 Å². The van der Waals surface area contributed by atoms with Crippen molar-refractivity contribution in [2.45, 2.75) is 58.2 Å². The summed E-state index contributed by atoms with van der Waals surface area (Å²) in [5.41, 5.74) is 1.55. The van der Waals surface area contributed by atoms with Gasteiger partial charge in [-0.05, 0) is 52.8 Å². The van der Waals surface area contributed by atoms with Crippen LogP contribution in [-0.2, 0) is 9.53 Å². The largest absolute Gasteiger partial charge is 0.508 e. The number of phenolic OH excluding ortho intramolecular Hbond substituents is 1. The minimum absolute atomic E-state index is 0.0431. The van der Waals surface area contributed by atoms with Gasteiger partial charge in [-0.3, -0.25) is 9.69 Å². The van der Waals surface area contributed by atoms with E-state index in [1.165, 1.54) is 0 Å². The summed E-state index contributed by atoms with van der Waals surface area (Å²) in [5, 5.41) is 13.0. The fourth-order valence-corrected chi connectivity index (χ4v) is 4.17. The molecule has 2 aliphatic rings. The number of alkyl carbamates (subject to hydrolysis) is 1. The van der Waals surface area contributed by atoms with Crippen molar-refractivity contribution in [1.82, 2.24) is 10.2 Å². The predicted molar refractivity (Wildman–Crippen MR) is 103 cm³/mol. The average Bonchev–Trinajstić information content (AvgIpc) is 3.19. The highest BCUT2D eigenvalue weighted by atomic mass is 16.6. The van der Waals surface area contributed by atoms with Crippen LogP contribution in [0.1, 0.15) is 45.6 Å². The van der Waals surface area contributed by atoms with Crippen molar-refractivity contribution >= 4 is 17.7 Å². The summed E-state index contributed by atoms with van der Waals surface area (Å²) in [5.74, 6) is 0.0862. The normalized spacial score (nSPS) is 21.7. The summed E-state index contributed by atoms with van der Waals surface area (Å²) in [4.78, 5) is 28.3. The van der Waals surface area contributed by atoms with Crippen molar-refractivity contribution in [3.63, 3.8) is 0 Å². The minimum atomic E-state index is -0.672. The smallest absolute Gasteiger partial charge is 0.407 e. The number of nitrogens with zero attached hydrogens (tertiary/aromatic N) is 2. The Bertz CT molecular complexity index is 711. The van der Waals surface area contributed by atoms with Crippen LogP contribution in [0.15, 0.2) is 18.2 Å². The molecule has 3 rings (SSSR count). The molecule has 1 aromatic rings. The maximum atomic E-state index is 12.9. The highest BCUT2D eigenvalue weighted by molar-refractivity contribution is 6.01. The Labute approximate surface area is 160 Å². The van der Waals surface area contributed by atoms with Crippen LogP contribution in [0.25, 0.3) is 0 Å². The Morgan fingerprint density at radius 1 is 1.33 bits per heavy atom. The third kappa shape index (κ3) is 3.88. The summed E-state index contributed by atoms with van der Waals surface area (Å²) in [7, 11) is 0. The number of carbonyl (C=O) groups excluding carboxylic acids is 2. The van der Waals surface area contributed by atoms with E-state index in [0.29, 0.717) is 18.6 Å². The van der Waals surface area contributed by atoms with Crippen molar-refractivity contribution in [3.05, 3.63) is 23.8 Å². The number of cyclic esters (lactones) is 1. The SMILES string of the molecule is CC(C)N(CCC1CN(C(=O)C2COC(=O)N2)c2cccc(O)c21)C(C)C. The van der Waals surface area contributed by atoms with Crippen molar-refractivity contribution in [2.75, 3.05) is 24.6 Å². The Hall–Kier alpha value is -2.28. The topological polar surface area (TPSA) is 82.1 Å². The molecule has 0 aromatic heterocycles. The van der Waals surface area contributed by atoms with E-state index in [0.717, 1.165) is 24.2 Å². The lowest BCUT2D eigenvalue weighted by Gasteiger charge is -2.31. The van der Waals surface area contributed by atoms with Gasteiger partial charge in [0.15, 0.2) is 0 Å². The number of amides is 2. The molecular formula is C20H29N3O4. The number of nitrogens with one attached hydrogen (secondary N) is 1. The van der Waals surface area contributed by atoms with Crippen molar-refractivity contribution in [2.24, 2.45) is 0 Å². The number of anilines is 1. The van der Waals surface area contributed by atoms with Gasteiger partial charge in [-0.1, -0.05) is 6.07 Å². The average molecular weight is 375 g/mol. The molecule has 0 spiro atoms. The molecule has 1 saturated heterocycles. The molecule has 2 unspecified atom stereocenters. The molecule has 1 fully saturated rings. The van der Waals surface area contributed by atoms with Gasteiger partial charge in [-0.2, -0.15) is 0 Å². The van der Waals surface area contributed by atoms with Gasteiger partial charge >= 0.3 is 6.09 Å². The molecule has 2 aliphatic heterocycles. The molecule has 0 aliphatic carbocycles. The first kappa shape index (κ1) is 19.5. The Morgan fingerprint density at radius 2 is 2.04 bits per heavy atom. The summed E-state index contributed by atoms with van der Waals surface area (Å²) >= 11 is 0. The van der Waals surface area contributed by atoms with E-state index < -0.39 is 12.1 Å². The second-order valence-corrected chi connectivity index (χ2v) is 7.87. The van der Waals surface area contributed by atoms with Gasteiger partial charge in [-0.15, -0.1) is 0 Å². The van der Waals surface area contributed by atoms with Gasteiger partial charge in [0.05, 0.1) is 5.69 Å². The van der Waals surface area contributed by atoms with E-state index in [-0.39, 0.29) is 24.2 Å². The highest BCUT2D eigenvalue weighted by Gasteiger charge is 2.39. The maximum Gasteiger partial charge on any atom is 0.407 e. The fraction of sp³-hybridized carbons (Fsp3) is 0.600. The first-order chi connectivity index (χ1) is 12.8. The lowest BCUT2D eigenvalue weighted by atomic mass is 9.96. The quantitative estimate of drug-likeness (QED) is 0.798. The van der Waals surface area contributed by atoms with E-state index in [1.54, 1.807) is 17.0 Å². The molecule has 2 amide bonds. The number of carbonyl (C=O) groups is 2. The van der Waals surface area contributed by atoms with E-state index in [4.69, 9.17) is 4.74 Å². The molecule has 0 saturated carbocycles. The van der Waals surface area contributed by atoms with Gasteiger partial charge in [0.1, 0.15) is 18.4 Å². The third-order valence-corrected chi connectivity index (χ3v) is 5.46. The molecule has 0 radical (unpaired) electrons. The number of benzene rings is 1. The molecule has 7 nitrogen and oxygen atoms in total. The van der Waals surface area contributed by atoms with Gasteiger partial charge in [0, 0.05) is 30.1 Å². The molecule has 2 heterocycles. The van der Waals surface area contributed by atoms with Crippen molar-refractivity contribution in [1.29, 1.82) is 0 Å². The molecule has 27 heavy (non-hydrogen) atoms. The zero-order valence-corrected chi connectivity index (χ0v) is 16.4. The number of fused-ring (bicyclic) bond motifs is 1. The highest BCUT2D eigenvalue weighted by Crippen LogP contribution is 2.43. The van der Waals surface area contributed by atoms with Crippen LogP contribution in [-0.4, -0.2) is 59.8 Å². The Kier molecular flexibility index (Phi) is 5.60. The van der Waals surface area contributed by atoms with E-state index >= 15 is 0 Å². The second kappa shape index (κ2) is 7.76. The molecule has 2 N–H and O–H groups in total. The number of aromatic hydroxyl groups is 1. The third-order valence-electron chi connectivity index (χ3n) is 5.46. The summed E-state index contributed by atoms with van der Waals surface area (Å²) in [6.07, 6.45) is 0.280. The number of rotatable bonds is 6. The van der Waals surface area contributed by atoms with Crippen LogP contribution in [0, 0.1) is 0 Å². The lowest BCUT2D eigenvalue weighted by molar-refractivity contribution is -0.120. The van der Waals surface area contributed by atoms with E-state index in [9.17, 15) is 14.7 Å². The van der Waals surface area contributed by atoms with Crippen LogP contribution < -0.4 is 10.2 Å². The number of hydrogen-bond donors (Lipinski definition) is 2. The number of phenols is 1. The first-order valence-corrected chi connectivity index (χ1v) is 9.61. The molecule has 1 aromatic carbocycles. The Balaban J connectivity index is 1.79. The van der Waals surface area contributed by atoms with Crippen LogP contribution in [0.2, 0.25) is 0 Å². The number of ether oxygens (including phenoxy) is 1. The van der Waals surface area contributed by atoms with Crippen molar-refractivity contribution in [3.8, 4) is 5.75 Å². The standard InChI is InChI=1S/C20H29N3O4/c1-12(2)22(13(3)4)9-8-14-10-23(16-6-5-7-17(24)18(14)16)19(25)15-11-27-20(26)21-15/h5-7,12-15,24H,8-11H2,1-4H3,(H,21,26). The molecule has 2 atom stereocenters. The molecule has 0 bridgehead atoms. The predicted octanol–water partition coefficient (Wildman–Crippen LogP) is 2.44. The van der Waals surface area contributed by atoms with Crippen LogP contribution in [0.4, 0.5) is 10.5 Å². The summed E-state index contributed by atoms with van der Waals surface area (Å²) in [6, 6.07) is 5.46. The van der Waals surface area contributed by atoms with Gasteiger partial charge in [0.2, 0.25) is 0 Å². The van der Waals surface area contributed by atoms with Gasteiger partial charge < -0.3 is 20.1 Å². The van der Waals surface area contributed by atoms with Crippen LogP contribution >= 0.6 is 0 Å². The van der Waals surface area contributed by atoms with Crippen LogP contribution in [0.5, 0.6) is 5.75 Å². The second-order valence-electron chi connectivity index (χ2n) is 7.87. The molecule has 7 heteroatoms. The zero-order chi connectivity index (χ0) is 19.7.